The lowest BCUT2D eigenvalue weighted by Gasteiger charge is -2.22. The highest BCUT2D eigenvalue weighted by molar-refractivity contribution is 8.00. The summed E-state index contributed by atoms with van der Waals surface area (Å²) in [6, 6.07) is 8.71. The number of hydrogen-bond acceptors (Lipinski definition) is 2. The van der Waals surface area contributed by atoms with Gasteiger partial charge >= 0.3 is 0 Å². The molecule has 0 radical (unpaired) electrons. The summed E-state index contributed by atoms with van der Waals surface area (Å²) in [4.78, 5) is 0. The van der Waals surface area contributed by atoms with E-state index in [0.717, 1.165) is 16.7 Å². The maximum absolute atomic E-state index is 6.20. The van der Waals surface area contributed by atoms with E-state index < -0.39 is 0 Å². The van der Waals surface area contributed by atoms with Crippen molar-refractivity contribution in [3.05, 3.63) is 34.9 Å². The van der Waals surface area contributed by atoms with Crippen molar-refractivity contribution in [2.24, 2.45) is 0 Å². The molecular weight excluding hydrogens is 238 g/mol. The van der Waals surface area contributed by atoms with Crippen LogP contribution in [-0.4, -0.2) is 24.1 Å². The van der Waals surface area contributed by atoms with Gasteiger partial charge in [-0.2, -0.15) is 11.8 Å². The van der Waals surface area contributed by atoms with Gasteiger partial charge in [0.05, 0.1) is 0 Å². The van der Waals surface area contributed by atoms with E-state index in [4.69, 9.17) is 11.6 Å². The van der Waals surface area contributed by atoms with E-state index in [2.05, 4.69) is 36.3 Å². The van der Waals surface area contributed by atoms with Crippen LogP contribution in [0.15, 0.2) is 24.3 Å². The van der Waals surface area contributed by atoms with Crippen molar-refractivity contribution < 1.29 is 0 Å². The highest BCUT2D eigenvalue weighted by atomic mass is 35.5. The van der Waals surface area contributed by atoms with Crippen molar-refractivity contribution in [3.63, 3.8) is 0 Å². The fraction of sp³-hybridized carbons (Fsp3) is 0.538. The van der Waals surface area contributed by atoms with Gasteiger partial charge in [-0.3, -0.25) is 0 Å². The fourth-order valence-electron chi connectivity index (χ4n) is 2.24. The Morgan fingerprint density at radius 3 is 2.94 bits per heavy atom. The summed E-state index contributed by atoms with van der Waals surface area (Å²) in [6.45, 7) is 0. The molecule has 16 heavy (non-hydrogen) atoms. The highest BCUT2D eigenvalue weighted by Gasteiger charge is 2.24. The molecule has 3 heteroatoms. The standard InChI is InChI=1S/C13H18ClNS/c1-15-12(13-7-4-8-16-13)9-10-5-2-3-6-11(10)14/h2-3,5-6,12-13,15H,4,7-9H2,1H3. The molecule has 0 saturated carbocycles. The van der Waals surface area contributed by atoms with Crippen molar-refractivity contribution in [2.45, 2.75) is 30.6 Å². The molecule has 0 spiro atoms. The Hall–Kier alpha value is -0.180. The first-order chi connectivity index (χ1) is 7.81. The normalized spacial score (nSPS) is 22.2. The van der Waals surface area contributed by atoms with Crippen LogP contribution in [0.25, 0.3) is 0 Å². The quantitative estimate of drug-likeness (QED) is 0.886. The molecule has 1 heterocycles. The van der Waals surface area contributed by atoms with Crippen molar-refractivity contribution >= 4 is 23.4 Å². The molecule has 0 aromatic heterocycles. The molecule has 1 aliphatic rings. The van der Waals surface area contributed by atoms with Gasteiger partial charge in [-0.05, 0) is 43.7 Å². The molecule has 1 aromatic rings. The molecule has 1 saturated heterocycles. The molecule has 2 unspecified atom stereocenters. The van der Waals surface area contributed by atoms with Gasteiger partial charge in [0.15, 0.2) is 0 Å². The fourth-order valence-corrected chi connectivity index (χ4v) is 3.89. The average Bonchev–Trinajstić information content (AvgIpc) is 2.81. The van der Waals surface area contributed by atoms with Crippen molar-refractivity contribution in [2.75, 3.05) is 12.8 Å². The topological polar surface area (TPSA) is 12.0 Å². The van der Waals surface area contributed by atoms with Gasteiger partial charge < -0.3 is 5.32 Å². The van der Waals surface area contributed by atoms with Crippen LogP contribution in [0.4, 0.5) is 0 Å². The minimum absolute atomic E-state index is 0.549. The Bertz CT molecular complexity index is 336. The average molecular weight is 256 g/mol. The zero-order valence-electron chi connectivity index (χ0n) is 9.58. The second kappa shape index (κ2) is 5.95. The number of nitrogens with one attached hydrogen (secondary N) is 1. The van der Waals surface area contributed by atoms with E-state index in [-0.39, 0.29) is 0 Å². The molecule has 1 N–H and O–H groups in total. The summed E-state index contributed by atoms with van der Waals surface area (Å²) in [5.74, 6) is 1.31. The Morgan fingerprint density at radius 1 is 1.50 bits per heavy atom. The molecule has 2 atom stereocenters. The lowest BCUT2D eigenvalue weighted by molar-refractivity contribution is 0.524. The summed E-state index contributed by atoms with van der Waals surface area (Å²) >= 11 is 8.29. The monoisotopic (exact) mass is 255 g/mol. The van der Waals surface area contributed by atoms with Crippen LogP contribution in [0.1, 0.15) is 18.4 Å². The third-order valence-corrected chi connectivity index (χ3v) is 5.07. The number of hydrogen-bond donors (Lipinski definition) is 1. The van der Waals surface area contributed by atoms with Crippen LogP contribution in [0.3, 0.4) is 0 Å². The van der Waals surface area contributed by atoms with Gasteiger partial charge in [-0.1, -0.05) is 29.8 Å². The van der Waals surface area contributed by atoms with E-state index in [1.54, 1.807) is 0 Å². The predicted octanol–water partition coefficient (Wildman–Crippen LogP) is 3.37. The van der Waals surface area contributed by atoms with Crippen molar-refractivity contribution in [1.29, 1.82) is 0 Å². The molecule has 0 amide bonds. The molecule has 2 rings (SSSR count). The number of likely N-dealkylation sites (N-methyl/N-ethyl adjacent to an activating group) is 1. The Kier molecular flexibility index (Phi) is 4.56. The SMILES string of the molecule is CNC(Cc1ccccc1Cl)C1CCCS1. The van der Waals surface area contributed by atoms with E-state index >= 15 is 0 Å². The number of rotatable bonds is 4. The summed E-state index contributed by atoms with van der Waals surface area (Å²) < 4.78 is 0. The van der Waals surface area contributed by atoms with Crippen LogP contribution in [0.5, 0.6) is 0 Å². The van der Waals surface area contributed by atoms with Crippen LogP contribution >= 0.6 is 23.4 Å². The Balaban J connectivity index is 2.03. The summed E-state index contributed by atoms with van der Waals surface area (Å²) in [5.41, 5.74) is 1.26. The summed E-state index contributed by atoms with van der Waals surface area (Å²) in [6.07, 6.45) is 3.73. The van der Waals surface area contributed by atoms with Gasteiger partial charge in [0, 0.05) is 16.3 Å². The molecule has 0 bridgehead atoms. The first-order valence-electron chi connectivity index (χ1n) is 5.83. The third kappa shape index (κ3) is 2.93. The lowest BCUT2D eigenvalue weighted by Crippen LogP contribution is -2.36. The summed E-state index contributed by atoms with van der Waals surface area (Å²) in [5, 5.41) is 5.09. The van der Waals surface area contributed by atoms with Gasteiger partial charge in [0.25, 0.3) is 0 Å². The van der Waals surface area contributed by atoms with E-state index in [9.17, 15) is 0 Å². The van der Waals surface area contributed by atoms with E-state index in [1.807, 2.05) is 12.1 Å². The summed E-state index contributed by atoms with van der Waals surface area (Å²) in [7, 11) is 2.06. The number of halogens is 1. The second-order valence-electron chi connectivity index (χ2n) is 4.24. The maximum atomic E-state index is 6.20. The van der Waals surface area contributed by atoms with Gasteiger partial charge in [0.1, 0.15) is 0 Å². The lowest BCUT2D eigenvalue weighted by atomic mass is 10.0. The Labute approximate surface area is 107 Å². The van der Waals surface area contributed by atoms with Crippen LogP contribution in [0, 0.1) is 0 Å². The minimum Gasteiger partial charge on any atom is -0.316 e. The molecule has 1 aliphatic heterocycles. The third-order valence-electron chi connectivity index (χ3n) is 3.18. The number of benzene rings is 1. The Morgan fingerprint density at radius 2 is 2.31 bits per heavy atom. The number of thioether (sulfide) groups is 1. The van der Waals surface area contributed by atoms with Gasteiger partial charge in [-0.25, -0.2) is 0 Å². The maximum Gasteiger partial charge on any atom is 0.0438 e. The van der Waals surface area contributed by atoms with Gasteiger partial charge in [0.2, 0.25) is 0 Å². The van der Waals surface area contributed by atoms with Crippen LogP contribution < -0.4 is 5.32 Å². The predicted molar refractivity (Wildman–Crippen MR) is 73.5 cm³/mol. The largest absolute Gasteiger partial charge is 0.316 e. The zero-order valence-corrected chi connectivity index (χ0v) is 11.2. The smallest absolute Gasteiger partial charge is 0.0438 e. The molecule has 1 nitrogen and oxygen atoms in total. The highest BCUT2D eigenvalue weighted by Crippen LogP contribution is 2.30. The first-order valence-corrected chi connectivity index (χ1v) is 7.26. The molecular formula is C13H18ClNS. The molecule has 88 valence electrons. The van der Waals surface area contributed by atoms with E-state index in [1.165, 1.54) is 24.2 Å². The van der Waals surface area contributed by atoms with Crippen molar-refractivity contribution in [1.82, 2.24) is 5.32 Å². The second-order valence-corrected chi connectivity index (χ2v) is 6.00. The zero-order chi connectivity index (χ0) is 11.4. The van der Waals surface area contributed by atoms with E-state index in [0.29, 0.717) is 6.04 Å². The van der Waals surface area contributed by atoms with Crippen molar-refractivity contribution in [3.8, 4) is 0 Å². The van der Waals surface area contributed by atoms with Crippen LogP contribution in [-0.2, 0) is 6.42 Å². The molecule has 1 fully saturated rings. The minimum atomic E-state index is 0.549. The first kappa shape index (κ1) is 12.3. The molecule has 0 aliphatic carbocycles. The molecule has 1 aromatic carbocycles. The van der Waals surface area contributed by atoms with Gasteiger partial charge in [-0.15, -0.1) is 0 Å². The van der Waals surface area contributed by atoms with Crippen LogP contribution in [0.2, 0.25) is 5.02 Å².